The lowest BCUT2D eigenvalue weighted by atomic mass is 10.2. The molecule has 78 valence electrons. The van der Waals surface area contributed by atoms with E-state index in [-0.39, 0.29) is 5.82 Å². The van der Waals surface area contributed by atoms with Gasteiger partial charge in [0, 0.05) is 11.9 Å². The van der Waals surface area contributed by atoms with Gasteiger partial charge >= 0.3 is 0 Å². The van der Waals surface area contributed by atoms with E-state index in [1.165, 1.54) is 12.4 Å². The number of rotatable bonds is 2. The smallest absolute Gasteiger partial charge is 0.138 e. The number of fused-ring (bicyclic) bond motifs is 1. The number of hydrogen-bond acceptors (Lipinski definition) is 3. The maximum absolute atomic E-state index is 13.3. The summed E-state index contributed by atoms with van der Waals surface area (Å²) in [6, 6.07) is 3.07. The van der Waals surface area contributed by atoms with Gasteiger partial charge in [0.1, 0.15) is 18.0 Å². The Hall–Kier alpha value is -1.23. The van der Waals surface area contributed by atoms with E-state index in [4.69, 9.17) is 0 Å². The molecule has 0 bridgehead atoms. The third-order valence-electron chi connectivity index (χ3n) is 2.02. The Morgan fingerprint density at radius 2 is 2.20 bits per heavy atom. The monoisotopic (exact) mass is 269 g/mol. The maximum atomic E-state index is 13.3. The number of halogens is 2. The molecule has 0 aliphatic heterocycles. The molecule has 0 unspecified atom stereocenters. The second-order valence-electron chi connectivity index (χ2n) is 3.04. The molecule has 0 saturated heterocycles. The summed E-state index contributed by atoms with van der Waals surface area (Å²) in [6.07, 6.45) is 1.46. The van der Waals surface area contributed by atoms with Gasteiger partial charge in [0.25, 0.3) is 0 Å². The Morgan fingerprint density at radius 1 is 1.40 bits per heavy atom. The van der Waals surface area contributed by atoms with Gasteiger partial charge in [0.05, 0.1) is 9.99 Å². The first-order chi connectivity index (χ1) is 7.22. The molecule has 15 heavy (non-hydrogen) atoms. The largest absolute Gasteiger partial charge is 0.370 e. The maximum Gasteiger partial charge on any atom is 0.138 e. The number of hydrogen-bond donors (Lipinski definition) is 1. The van der Waals surface area contributed by atoms with Crippen LogP contribution < -0.4 is 5.32 Å². The molecule has 0 spiro atoms. The molecule has 0 aliphatic rings. The Bertz CT molecular complexity index is 501. The number of benzene rings is 1. The molecule has 1 aromatic heterocycles. The van der Waals surface area contributed by atoms with Crippen LogP contribution in [0, 0.1) is 5.82 Å². The Balaban J connectivity index is 2.68. The zero-order chi connectivity index (χ0) is 10.8. The van der Waals surface area contributed by atoms with Crippen LogP contribution in [0.1, 0.15) is 6.92 Å². The minimum atomic E-state index is -0.309. The van der Waals surface area contributed by atoms with Crippen molar-refractivity contribution in [2.75, 3.05) is 11.9 Å². The number of anilines is 1. The molecule has 0 atom stereocenters. The molecular weight excluding hydrogens is 261 g/mol. The third kappa shape index (κ3) is 1.92. The van der Waals surface area contributed by atoms with Crippen LogP contribution in [-0.4, -0.2) is 16.5 Å². The van der Waals surface area contributed by atoms with Gasteiger partial charge < -0.3 is 5.32 Å². The summed E-state index contributed by atoms with van der Waals surface area (Å²) in [6.45, 7) is 2.70. The summed E-state index contributed by atoms with van der Waals surface area (Å²) in [5.74, 6) is 0.352. The second-order valence-corrected chi connectivity index (χ2v) is 3.89. The molecule has 0 radical (unpaired) electrons. The van der Waals surface area contributed by atoms with Gasteiger partial charge in [-0.25, -0.2) is 14.4 Å². The van der Waals surface area contributed by atoms with Crippen LogP contribution in [0.25, 0.3) is 10.9 Å². The van der Waals surface area contributed by atoms with Crippen molar-refractivity contribution in [3.63, 3.8) is 0 Å². The zero-order valence-corrected chi connectivity index (χ0v) is 9.68. The van der Waals surface area contributed by atoms with E-state index in [2.05, 4.69) is 31.2 Å². The van der Waals surface area contributed by atoms with E-state index in [9.17, 15) is 4.39 Å². The summed E-state index contributed by atoms with van der Waals surface area (Å²) in [5.41, 5.74) is 0.717. The fourth-order valence-electron chi connectivity index (χ4n) is 1.36. The average molecular weight is 270 g/mol. The van der Waals surface area contributed by atoms with E-state index in [1.54, 1.807) is 6.07 Å². The van der Waals surface area contributed by atoms with Gasteiger partial charge in [-0.1, -0.05) is 0 Å². The molecule has 0 aliphatic carbocycles. The molecule has 1 aromatic carbocycles. The van der Waals surface area contributed by atoms with E-state index in [0.29, 0.717) is 21.2 Å². The summed E-state index contributed by atoms with van der Waals surface area (Å²) in [4.78, 5) is 8.14. The zero-order valence-electron chi connectivity index (χ0n) is 8.09. The molecule has 0 fully saturated rings. The molecule has 0 saturated carbocycles. The van der Waals surface area contributed by atoms with Crippen molar-refractivity contribution in [2.45, 2.75) is 6.92 Å². The van der Waals surface area contributed by atoms with E-state index in [1.807, 2.05) is 6.92 Å². The first-order valence-corrected chi connectivity index (χ1v) is 5.35. The number of nitrogens with one attached hydrogen (secondary N) is 1. The molecule has 1 N–H and O–H groups in total. The van der Waals surface area contributed by atoms with Crippen LogP contribution in [0.3, 0.4) is 0 Å². The first kappa shape index (κ1) is 10.3. The van der Waals surface area contributed by atoms with E-state index >= 15 is 0 Å². The predicted molar refractivity (Wildman–Crippen MR) is 61.4 cm³/mol. The molecule has 2 aromatic rings. The van der Waals surface area contributed by atoms with Gasteiger partial charge in [0.15, 0.2) is 0 Å². The highest BCUT2D eigenvalue weighted by molar-refractivity contribution is 9.10. The van der Waals surface area contributed by atoms with Gasteiger partial charge in [-0.2, -0.15) is 0 Å². The second kappa shape index (κ2) is 4.10. The van der Waals surface area contributed by atoms with Gasteiger partial charge in [0.2, 0.25) is 0 Å². The van der Waals surface area contributed by atoms with Crippen LogP contribution in [0.4, 0.5) is 10.2 Å². The first-order valence-electron chi connectivity index (χ1n) is 4.56. The minimum Gasteiger partial charge on any atom is -0.370 e. The van der Waals surface area contributed by atoms with Crippen molar-refractivity contribution in [3.8, 4) is 0 Å². The molecule has 1 heterocycles. The quantitative estimate of drug-likeness (QED) is 0.911. The molecule has 3 nitrogen and oxygen atoms in total. The van der Waals surface area contributed by atoms with Crippen molar-refractivity contribution in [2.24, 2.45) is 0 Å². The van der Waals surface area contributed by atoms with Crippen LogP contribution in [-0.2, 0) is 0 Å². The number of aromatic nitrogens is 2. The molecule has 0 amide bonds. The van der Waals surface area contributed by atoms with Crippen LogP contribution >= 0.6 is 15.9 Å². The van der Waals surface area contributed by atoms with Crippen LogP contribution in [0.2, 0.25) is 0 Å². The van der Waals surface area contributed by atoms with Gasteiger partial charge in [-0.05, 0) is 35.0 Å². The topological polar surface area (TPSA) is 37.8 Å². The predicted octanol–water partition coefficient (Wildman–Crippen LogP) is 2.96. The molecular formula is C10H9BrFN3. The highest BCUT2D eigenvalue weighted by Crippen LogP contribution is 2.25. The highest BCUT2D eigenvalue weighted by Gasteiger charge is 2.07. The molecule has 2 rings (SSSR count). The van der Waals surface area contributed by atoms with E-state index in [0.717, 1.165) is 6.54 Å². The SMILES string of the molecule is CCNc1ncnc2cc(Br)c(F)cc12. The normalized spacial score (nSPS) is 10.6. The summed E-state index contributed by atoms with van der Waals surface area (Å²) >= 11 is 3.12. The van der Waals surface area contributed by atoms with Crippen molar-refractivity contribution >= 4 is 32.7 Å². The summed E-state index contributed by atoms with van der Waals surface area (Å²) in [7, 11) is 0. The van der Waals surface area contributed by atoms with Gasteiger partial charge in [-0.3, -0.25) is 0 Å². The van der Waals surface area contributed by atoms with Crippen molar-refractivity contribution < 1.29 is 4.39 Å². The van der Waals surface area contributed by atoms with Crippen LogP contribution in [0.5, 0.6) is 0 Å². The Kier molecular flexibility index (Phi) is 2.81. The van der Waals surface area contributed by atoms with Crippen molar-refractivity contribution in [3.05, 3.63) is 28.7 Å². The van der Waals surface area contributed by atoms with Crippen molar-refractivity contribution in [1.82, 2.24) is 9.97 Å². The van der Waals surface area contributed by atoms with Crippen LogP contribution in [0.15, 0.2) is 22.9 Å². The highest BCUT2D eigenvalue weighted by atomic mass is 79.9. The van der Waals surface area contributed by atoms with E-state index < -0.39 is 0 Å². The minimum absolute atomic E-state index is 0.309. The number of nitrogens with zero attached hydrogens (tertiary/aromatic N) is 2. The van der Waals surface area contributed by atoms with Gasteiger partial charge in [-0.15, -0.1) is 0 Å². The third-order valence-corrected chi connectivity index (χ3v) is 2.63. The lowest BCUT2D eigenvalue weighted by Gasteiger charge is -2.06. The summed E-state index contributed by atoms with van der Waals surface area (Å²) < 4.78 is 13.8. The fraction of sp³-hybridized carbons (Fsp3) is 0.200. The van der Waals surface area contributed by atoms with Crippen molar-refractivity contribution in [1.29, 1.82) is 0 Å². The lowest BCUT2D eigenvalue weighted by Crippen LogP contribution is -2.00. The lowest BCUT2D eigenvalue weighted by molar-refractivity contribution is 0.623. The fourth-order valence-corrected chi connectivity index (χ4v) is 1.69. The average Bonchev–Trinajstić information content (AvgIpc) is 2.21. The standard InChI is InChI=1S/C10H9BrFN3/c1-2-13-10-6-3-8(12)7(11)4-9(6)14-5-15-10/h3-5H,2H2,1H3,(H,13,14,15). The Morgan fingerprint density at radius 3 is 2.93 bits per heavy atom. The Labute approximate surface area is 94.9 Å². The molecule has 5 heteroatoms. The summed E-state index contributed by atoms with van der Waals surface area (Å²) in [5, 5.41) is 3.76.